The van der Waals surface area contributed by atoms with E-state index in [9.17, 15) is 9.59 Å². The van der Waals surface area contributed by atoms with Gasteiger partial charge in [-0.15, -0.1) is 0 Å². The van der Waals surface area contributed by atoms with E-state index in [-0.39, 0.29) is 29.7 Å². The van der Waals surface area contributed by atoms with Gasteiger partial charge in [0, 0.05) is 13.0 Å². The first-order valence-electron chi connectivity index (χ1n) is 7.95. The molecule has 3 N–H and O–H groups in total. The lowest BCUT2D eigenvalue weighted by Gasteiger charge is -2.38. The molecule has 1 aliphatic heterocycles. The maximum Gasteiger partial charge on any atom is 0.303 e. The summed E-state index contributed by atoms with van der Waals surface area (Å²) in [4.78, 5) is 23.3. The summed E-state index contributed by atoms with van der Waals surface area (Å²) in [5.41, 5.74) is -0.0529. The van der Waals surface area contributed by atoms with E-state index < -0.39 is 5.97 Å². The highest BCUT2D eigenvalue weighted by Crippen LogP contribution is 2.30. The number of rotatable bonds is 7. The molecule has 1 unspecified atom stereocenters. The van der Waals surface area contributed by atoms with Crippen LogP contribution in [-0.4, -0.2) is 36.1 Å². The predicted octanol–water partition coefficient (Wildman–Crippen LogP) is 2.02. The summed E-state index contributed by atoms with van der Waals surface area (Å²) in [7, 11) is 0. The van der Waals surface area contributed by atoms with E-state index in [2.05, 4.69) is 38.3 Å². The molecule has 0 aromatic rings. The maximum absolute atomic E-state index is 12.4. The Morgan fingerprint density at radius 3 is 2.57 bits per heavy atom. The lowest BCUT2D eigenvalue weighted by atomic mass is 9.77. The molecule has 122 valence electrons. The molecule has 21 heavy (non-hydrogen) atoms. The van der Waals surface area contributed by atoms with Crippen LogP contribution in [0.25, 0.3) is 0 Å². The Hall–Kier alpha value is -1.10. The molecule has 1 heterocycles. The summed E-state index contributed by atoms with van der Waals surface area (Å²) in [5.74, 6) is -0.376. The summed E-state index contributed by atoms with van der Waals surface area (Å²) in [6.45, 7) is 9.66. The van der Waals surface area contributed by atoms with E-state index in [1.165, 1.54) is 0 Å². The minimum absolute atomic E-state index is 0.00107. The van der Waals surface area contributed by atoms with Gasteiger partial charge < -0.3 is 15.7 Å². The summed E-state index contributed by atoms with van der Waals surface area (Å²) < 4.78 is 0. The minimum atomic E-state index is -0.800. The van der Waals surface area contributed by atoms with Crippen LogP contribution in [0.15, 0.2) is 0 Å². The van der Waals surface area contributed by atoms with Crippen molar-refractivity contribution in [2.75, 3.05) is 13.1 Å². The van der Waals surface area contributed by atoms with Crippen molar-refractivity contribution in [3.05, 3.63) is 0 Å². The molecule has 0 radical (unpaired) electrons. The van der Waals surface area contributed by atoms with Crippen molar-refractivity contribution in [2.45, 2.75) is 59.4 Å². The van der Waals surface area contributed by atoms with Crippen molar-refractivity contribution >= 4 is 11.9 Å². The summed E-state index contributed by atoms with van der Waals surface area (Å²) >= 11 is 0. The predicted molar refractivity (Wildman–Crippen MR) is 83.0 cm³/mol. The smallest absolute Gasteiger partial charge is 0.303 e. The van der Waals surface area contributed by atoms with Gasteiger partial charge in [0.2, 0.25) is 5.91 Å². The van der Waals surface area contributed by atoms with E-state index in [1.807, 2.05) is 0 Å². The van der Waals surface area contributed by atoms with Crippen molar-refractivity contribution < 1.29 is 14.7 Å². The standard InChI is InChI=1S/C16H30N2O3/c1-11(2)8-12(9-13(19)20)10-18-15(21)14-16(3,4)6-5-7-17-14/h11-12,14,17H,5-10H2,1-4H3,(H,18,21)(H,19,20)/t12-,14?/m0/s1. The molecule has 0 aromatic carbocycles. The van der Waals surface area contributed by atoms with Crippen LogP contribution in [-0.2, 0) is 9.59 Å². The second kappa shape index (κ2) is 7.78. The Morgan fingerprint density at radius 1 is 1.38 bits per heavy atom. The largest absolute Gasteiger partial charge is 0.481 e. The normalized spacial score (nSPS) is 22.8. The number of hydrogen-bond donors (Lipinski definition) is 3. The van der Waals surface area contributed by atoms with Crippen LogP contribution in [0, 0.1) is 17.3 Å². The van der Waals surface area contributed by atoms with E-state index >= 15 is 0 Å². The summed E-state index contributed by atoms with van der Waals surface area (Å²) in [5, 5.41) is 15.2. The van der Waals surface area contributed by atoms with Gasteiger partial charge in [0.05, 0.1) is 6.04 Å². The molecule has 0 aromatic heterocycles. The molecule has 2 atom stereocenters. The Labute approximate surface area is 127 Å². The van der Waals surface area contributed by atoms with Gasteiger partial charge >= 0.3 is 5.97 Å². The van der Waals surface area contributed by atoms with Crippen LogP contribution in [0.2, 0.25) is 0 Å². The first-order chi connectivity index (χ1) is 9.72. The van der Waals surface area contributed by atoms with Crippen LogP contribution >= 0.6 is 0 Å². The van der Waals surface area contributed by atoms with Gasteiger partial charge in [0.1, 0.15) is 0 Å². The molecule has 1 rings (SSSR count). The fourth-order valence-corrected chi connectivity index (χ4v) is 3.16. The summed E-state index contributed by atoms with van der Waals surface area (Å²) in [6.07, 6.45) is 3.04. The van der Waals surface area contributed by atoms with Crippen LogP contribution in [0.4, 0.5) is 0 Å². The van der Waals surface area contributed by atoms with Crippen LogP contribution in [0.1, 0.15) is 53.4 Å². The van der Waals surface area contributed by atoms with Gasteiger partial charge in [-0.25, -0.2) is 0 Å². The highest BCUT2D eigenvalue weighted by Gasteiger charge is 2.37. The molecule has 5 heteroatoms. The van der Waals surface area contributed by atoms with E-state index in [0.29, 0.717) is 12.5 Å². The monoisotopic (exact) mass is 298 g/mol. The number of hydrogen-bond acceptors (Lipinski definition) is 3. The van der Waals surface area contributed by atoms with Gasteiger partial charge in [-0.1, -0.05) is 27.7 Å². The van der Waals surface area contributed by atoms with Crippen molar-refractivity contribution in [2.24, 2.45) is 17.3 Å². The van der Waals surface area contributed by atoms with Gasteiger partial charge in [-0.2, -0.15) is 0 Å². The molecular weight excluding hydrogens is 268 g/mol. The maximum atomic E-state index is 12.4. The quantitative estimate of drug-likeness (QED) is 0.672. The van der Waals surface area contributed by atoms with Crippen molar-refractivity contribution in [1.82, 2.24) is 10.6 Å². The first-order valence-corrected chi connectivity index (χ1v) is 7.95. The van der Waals surface area contributed by atoms with Gasteiger partial charge in [0.25, 0.3) is 0 Å². The highest BCUT2D eigenvalue weighted by molar-refractivity contribution is 5.82. The SMILES string of the molecule is CC(C)C[C@H](CNC(=O)C1NCCCC1(C)C)CC(=O)O. The molecule has 0 aliphatic carbocycles. The minimum Gasteiger partial charge on any atom is -0.481 e. The number of carbonyl (C=O) groups is 2. The number of nitrogens with one attached hydrogen (secondary N) is 2. The zero-order valence-electron chi connectivity index (χ0n) is 13.7. The third-order valence-electron chi connectivity index (χ3n) is 4.22. The van der Waals surface area contributed by atoms with Gasteiger partial charge in [-0.05, 0) is 43.1 Å². The molecule has 0 saturated carbocycles. The highest BCUT2D eigenvalue weighted by atomic mass is 16.4. The third kappa shape index (κ3) is 6.04. The van der Waals surface area contributed by atoms with Crippen LogP contribution in [0.3, 0.4) is 0 Å². The van der Waals surface area contributed by atoms with E-state index in [0.717, 1.165) is 25.8 Å². The molecule has 1 amide bonds. The molecule has 0 bridgehead atoms. The number of carbonyl (C=O) groups excluding carboxylic acids is 1. The summed E-state index contributed by atoms with van der Waals surface area (Å²) in [6, 6.07) is -0.184. The second-order valence-electron chi connectivity index (χ2n) is 7.32. The molecule has 0 spiro atoms. The van der Waals surface area contributed by atoms with Crippen molar-refractivity contribution in [3.63, 3.8) is 0 Å². The number of aliphatic carboxylic acids is 1. The van der Waals surface area contributed by atoms with E-state index in [4.69, 9.17) is 5.11 Å². The van der Waals surface area contributed by atoms with Gasteiger partial charge in [-0.3, -0.25) is 9.59 Å². The topological polar surface area (TPSA) is 78.4 Å². The lowest BCUT2D eigenvalue weighted by molar-refractivity contribution is -0.138. The third-order valence-corrected chi connectivity index (χ3v) is 4.22. The van der Waals surface area contributed by atoms with Crippen LogP contribution < -0.4 is 10.6 Å². The molecule has 1 saturated heterocycles. The molecule has 1 aliphatic rings. The average Bonchev–Trinajstić information content (AvgIpc) is 2.33. The zero-order valence-corrected chi connectivity index (χ0v) is 13.7. The molecule has 1 fully saturated rings. The zero-order chi connectivity index (χ0) is 16.0. The van der Waals surface area contributed by atoms with Crippen molar-refractivity contribution in [3.8, 4) is 0 Å². The van der Waals surface area contributed by atoms with Crippen molar-refractivity contribution in [1.29, 1.82) is 0 Å². The Kier molecular flexibility index (Phi) is 6.65. The number of carboxylic acids is 1. The number of amides is 1. The molecule has 5 nitrogen and oxygen atoms in total. The molecular formula is C16H30N2O3. The average molecular weight is 298 g/mol. The Balaban J connectivity index is 2.53. The Bertz CT molecular complexity index is 367. The van der Waals surface area contributed by atoms with E-state index in [1.54, 1.807) is 0 Å². The Morgan fingerprint density at radius 2 is 2.05 bits per heavy atom. The second-order valence-corrected chi connectivity index (χ2v) is 7.32. The van der Waals surface area contributed by atoms with Crippen LogP contribution in [0.5, 0.6) is 0 Å². The van der Waals surface area contributed by atoms with Gasteiger partial charge in [0.15, 0.2) is 0 Å². The first kappa shape index (κ1) is 18.0. The fraction of sp³-hybridized carbons (Fsp3) is 0.875. The lowest BCUT2D eigenvalue weighted by Crippen LogP contribution is -2.56. The number of carboxylic acid groups (broad SMARTS) is 1. The number of piperidine rings is 1. The fourth-order valence-electron chi connectivity index (χ4n) is 3.16.